The van der Waals surface area contributed by atoms with Gasteiger partial charge in [-0.3, -0.25) is 14.8 Å². The molecule has 0 fully saturated rings. The van der Waals surface area contributed by atoms with E-state index in [2.05, 4.69) is 21.0 Å². The average Bonchev–Trinajstić information content (AvgIpc) is 2.30. The van der Waals surface area contributed by atoms with E-state index < -0.39 is 4.92 Å². The summed E-state index contributed by atoms with van der Waals surface area (Å²) in [4.78, 5) is 9.92. The lowest BCUT2D eigenvalue weighted by Gasteiger charge is -2.01. The van der Waals surface area contributed by atoms with Gasteiger partial charge >= 0.3 is 5.69 Å². The van der Waals surface area contributed by atoms with Gasteiger partial charge in [-0.15, -0.1) is 0 Å². The van der Waals surface area contributed by atoms with Crippen LogP contribution >= 0.6 is 15.9 Å². The maximum atomic E-state index is 10.4. The van der Waals surface area contributed by atoms with Crippen molar-refractivity contribution in [3.63, 3.8) is 0 Å². The minimum absolute atomic E-state index is 0.00343. The van der Waals surface area contributed by atoms with Crippen molar-refractivity contribution in [3.05, 3.63) is 20.9 Å². The first-order valence-electron chi connectivity index (χ1n) is 3.41. The first kappa shape index (κ1) is 9.18. The molecule has 1 aromatic rings. The molecule has 0 bridgehead atoms. The lowest BCUT2D eigenvalue weighted by Crippen LogP contribution is -2.00. The number of nitrogens with zero attached hydrogens (tertiary/aromatic N) is 3. The summed E-state index contributed by atoms with van der Waals surface area (Å²) >= 11 is 3.01. The van der Waals surface area contributed by atoms with Crippen molar-refractivity contribution in [3.8, 4) is 0 Å². The summed E-state index contributed by atoms with van der Waals surface area (Å²) in [5, 5.41) is 14.3. The Bertz CT molecular complexity index is 308. The van der Waals surface area contributed by atoms with Crippen LogP contribution < -0.4 is 0 Å². The highest BCUT2D eigenvalue weighted by atomic mass is 79.9. The fraction of sp³-hybridized carbons (Fsp3) is 0.500. The normalized spacial score (nSPS) is 10.7. The molecule has 12 heavy (non-hydrogen) atoms. The highest BCUT2D eigenvalue weighted by molar-refractivity contribution is 9.10. The van der Waals surface area contributed by atoms with Crippen molar-refractivity contribution in [2.45, 2.75) is 19.9 Å². The van der Waals surface area contributed by atoms with Gasteiger partial charge in [-0.1, -0.05) is 0 Å². The molecule has 1 aromatic heterocycles. The standard InChI is InChI=1S/C6H8BrN3O2/c1-4(2)9-3-5(10(11)12)6(7)8-9/h3-4H,1-2H3. The zero-order valence-electron chi connectivity index (χ0n) is 6.69. The third-order valence-corrected chi connectivity index (χ3v) is 1.96. The fourth-order valence-corrected chi connectivity index (χ4v) is 1.18. The topological polar surface area (TPSA) is 61.0 Å². The summed E-state index contributed by atoms with van der Waals surface area (Å²) in [5.41, 5.74) is 0.00343. The second-order valence-electron chi connectivity index (χ2n) is 2.64. The molecular formula is C6H8BrN3O2. The van der Waals surface area contributed by atoms with E-state index in [4.69, 9.17) is 0 Å². The molecule has 5 nitrogen and oxygen atoms in total. The number of nitro groups is 1. The van der Waals surface area contributed by atoms with Crippen LogP contribution in [0.15, 0.2) is 10.8 Å². The Morgan fingerprint density at radius 2 is 2.33 bits per heavy atom. The van der Waals surface area contributed by atoms with E-state index in [1.54, 1.807) is 4.68 Å². The largest absolute Gasteiger partial charge is 0.321 e. The molecule has 0 saturated carbocycles. The Labute approximate surface area is 77.7 Å². The molecule has 0 atom stereocenters. The number of halogens is 1. The molecule has 0 aliphatic rings. The van der Waals surface area contributed by atoms with Crippen molar-refractivity contribution >= 4 is 21.6 Å². The van der Waals surface area contributed by atoms with Gasteiger partial charge in [0.05, 0.1) is 4.92 Å². The lowest BCUT2D eigenvalue weighted by atomic mass is 10.4. The zero-order valence-corrected chi connectivity index (χ0v) is 8.28. The van der Waals surface area contributed by atoms with Crippen LogP contribution in [0.5, 0.6) is 0 Å². The maximum absolute atomic E-state index is 10.4. The van der Waals surface area contributed by atoms with Gasteiger partial charge in [0.15, 0.2) is 0 Å². The molecule has 0 aromatic carbocycles. The van der Waals surface area contributed by atoms with Crippen LogP contribution in [0.2, 0.25) is 0 Å². The van der Waals surface area contributed by atoms with Gasteiger partial charge in [0.25, 0.3) is 0 Å². The Kier molecular flexibility index (Phi) is 2.46. The average molecular weight is 234 g/mol. The molecule has 0 N–H and O–H groups in total. The molecule has 0 unspecified atom stereocenters. The monoisotopic (exact) mass is 233 g/mol. The van der Waals surface area contributed by atoms with E-state index in [1.165, 1.54) is 6.20 Å². The summed E-state index contributed by atoms with van der Waals surface area (Å²) in [7, 11) is 0. The molecule has 0 aliphatic carbocycles. The van der Waals surface area contributed by atoms with Crippen LogP contribution in [0.1, 0.15) is 19.9 Å². The highest BCUT2D eigenvalue weighted by Gasteiger charge is 2.17. The Morgan fingerprint density at radius 3 is 2.58 bits per heavy atom. The summed E-state index contributed by atoms with van der Waals surface area (Å²) in [6, 6.07) is 0.134. The summed E-state index contributed by atoms with van der Waals surface area (Å²) in [5.74, 6) is 0. The van der Waals surface area contributed by atoms with Crippen LogP contribution in [0.25, 0.3) is 0 Å². The van der Waals surface area contributed by atoms with Gasteiger partial charge in [0.2, 0.25) is 4.60 Å². The van der Waals surface area contributed by atoms with Gasteiger partial charge in [0, 0.05) is 6.04 Å². The number of aromatic nitrogens is 2. The first-order valence-corrected chi connectivity index (χ1v) is 4.20. The number of hydrogen-bond donors (Lipinski definition) is 0. The van der Waals surface area contributed by atoms with Crippen molar-refractivity contribution < 1.29 is 4.92 Å². The summed E-state index contributed by atoms with van der Waals surface area (Å²) in [6.45, 7) is 3.81. The van der Waals surface area contributed by atoms with Gasteiger partial charge < -0.3 is 0 Å². The van der Waals surface area contributed by atoms with Crippen LogP contribution in [-0.2, 0) is 0 Å². The molecule has 0 radical (unpaired) electrons. The summed E-state index contributed by atoms with van der Waals surface area (Å²) < 4.78 is 1.82. The molecule has 0 spiro atoms. The predicted molar refractivity (Wildman–Crippen MR) is 47.0 cm³/mol. The third-order valence-electron chi connectivity index (χ3n) is 1.39. The molecule has 66 valence electrons. The fourth-order valence-electron chi connectivity index (χ4n) is 0.747. The van der Waals surface area contributed by atoms with E-state index in [0.29, 0.717) is 0 Å². The second kappa shape index (κ2) is 3.22. The van der Waals surface area contributed by atoms with Gasteiger partial charge in [-0.25, -0.2) is 0 Å². The molecule has 0 amide bonds. The molecule has 0 aliphatic heterocycles. The van der Waals surface area contributed by atoms with Crippen LogP contribution in [0, 0.1) is 10.1 Å². The zero-order chi connectivity index (χ0) is 9.30. The Hall–Kier alpha value is -0.910. The first-order chi connectivity index (χ1) is 5.52. The third kappa shape index (κ3) is 1.63. The molecule has 6 heteroatoms. The molecule has 1 rings (SSSR count). The Morgan fingerprint density at radius 1 is 1.75 bits per heavy atom. The van der Waals surface area contributed by atoms with Gasteiger partial charge in [-0.2, -0.15) is 5.10 Å². The highest BCUT2D eigenvalue weighted by Crippen LogP contribution is 2.23. The van der Waals surface area contributed by atoms with Crippen LogP contribution in [-0.4, -0.2) is 14.7 Å². The van der Waals surface area contributed by atoms with E-state index in [1.807, 2.05) is 13.8 Å². The van der Waals surface area contributed by atoms with E-state index in [-0.39, 0.29) is 16.3 Å². The van der Waals surface area contributed by atoms with Crippen molar-refractivity contribution in [1.82, 2.24) is 9.78 Å². The van der Waals surface area contributed by atoms with E-state index >= 15 is 0 Å². The molecule has 0 saturated heterocycles. The van der Waals surface area contributed by atoms with E-state index in [0.717, 1.165) is 0 Å². The van der Waals surface area contributed by atoms with Crippen LogP contribution in [0.3, 0.4) is 0 Å². The minimum Gasteiger partial charge on any atom is -0.262 e. The minimum atomic E-state index is -0.462. The smallest absolute Gasteiger partial charge is 0.262 e. The maximum Gasteiger partial charge on any atom is 0.321 e. The number of hydrogen-bond acceptors (Lipinski definition) is 3. The second-order valence-corrected chi connectivity index (χ2v) is 3.39. The van der Waals surface area contributed by atoms with E-state index in [9.17, 15) is 10.1 Å². The van der Waals surface area contributed by atoms with Crippen molar-refractivity contribution in [2.24, 2.45) is 0 Å². The molecular weight excluding hydrogens is 226 g/mol. The lowest BCUT2D eigenvalue weighted by molar-refractivity contribution is -0.385. The predicted octanol–water partition coefficient (Wildman–Crippen LogP) is 2.13. The van der Waals surface area contributed by atoms with Crippen molar-refractivity contribution in [2.75, 3.05) is 0 Å². The van der Waals surface area contributed by atoms with Gasteiger partial charge in [0.1, 0.15) is 6.20 Å². The van der Waals surface area contributed by atoms with Crippen LogP contribution in [0.4, 0.5) is 5.69 Å². The quantitative estimate of drug-likeness (QED) is 0.581. The molecule has 1 heterocycles. The van der Waals surface area contributed by atoms with Crippen molar-refractivity contribution in [1.29, 1.82) is 0 Å². The Balaban J connectivity index is 3.09. The SMILES string of the molecule is CC(C)n1cc([N+](=O)[O-])c(Br)n1. The summed E-state index contributed by atoms with van der Waals surface area (Å²) in [6.07, 6.45) is 1.41. The number of rotatable bonds is 2. The van der Waals surface area contributed by atoms with Gasteiger partial charge in [-0.05, 0) is 29.8 Å².